The summed E-state index contributed by atoms with van der Waals surface area (Å²) in [6.07, 6.45) is 2.76. The van der Waals surface area contributed by atoms with Crippen molar-refractivity contribution in [3.8, 4) is 0 Å². The molecule has 3 heterocycles. The lowest BCUT2D eigenvalue weighted by Gasteiger charge is -2.16. The van der Waals surface area contributed by atoms with Crippen LogP contribution in [0.1, 0.15) is 28.4 Å². The molecule has 0 bridgehead atoms. The Morgan fingerprint density at radius 3 is 2.78 bits per heavy atom. The largest absolute Gasteiger partial charge is 0.338 e. The van der Waals surface area contributed by atoms with Gasteiger partial charge in [0.2, 0.25) is 0 Å². The number of pyridine rings is 1. The number of aromatic nitrogens is 3. The van der Waals surface area contributed by atoms with Crippen molar-refractivity contribution >= 4 is 16.9 Å². The van der Waals surface area contributed by atoms with E-state index in [4.69, 9.17) is 5.10 Å². The van der Waals surface area contributed by atoms with Crippen LogP contribution in [0.2, 0.25) is 0 Å². The third-order valence-electron chi connectivity index (χ3n) is 5.18. The second kappa shape index (κ2) is 7.48. The summed E-state index contributed by atoms with van der Waals surface area (Å²) in [5.74, 6) is 0.359. The van der Waals surface area contributed by atoms with Gasteiger partial charge in [0.1, 0.15) is 0 Å². The fourth-order valence-electron chi connectivity index (χ4n) is 3.72. The van der Waals surface area contributed by atoms with Crippen LogP contribution in [0.4, 0.5) is 0 Å². The molecule has 0 N–H and O–H groups in total. The van der Waals surface area contributed by atoms with Gasteiger partial charge in [-0.25, -0.2) is 9.67 Å². The second-order valence-corrected chi connectivity index (χ2v) is 7.39. The van der Waals surface area contributed by atoms with E-state index in [1.165, 1.54) is 0 Å². The summed E-state index contributed by atoms with van der Waals surface area (Å²) in [7, 11) is 4.12. The van der Waals surface area contributed by atoms with Gasteiger partial charge in [-0.05, 0) is 44.8 Å². The number of amides is 1. The molecular weight excluding hydrogens is 338 g/mol. The second-order valence-electron chi connectivity index (χ2n) is 7.39. The van der Waals surface area contributed by atoms with E-state index in [0.29, 0.717) is 6.54 Å². The van der Waals surface area contributed by atoms with E-state index in [1.807, 2.05) is 52.2 Å². The van der Waals surface area contributed by atoms with Crippen molar-refractivity contribution in [3.63, 3.8) is 0 Å². The van der Waals surface area contributed by atoms with Crippen LogP contribution >= 0.6 is 0 Å². The summed E-state index contributed by atoms with van der Waals surface area (Å²) < 4.78 is 2.01. The van der Waals surface area contributed by atoms with Crippen molar-refractivity contribution in [1.82, 2.24) is 24.6 Å². The molecule has 6 nitrogen and oxygen atoms in total. The molecule has 4 rings (SSSR count). The number of carbonyl (C=O) groups is 1. The summed E-state index contributed by atoms with van der Waals surface area (Å²) >= 11 is 0. The van der Waals surface area contributed by atoms with E-state index in [9.17, 15) is 4.79 Å². The van der Waals surface area contributed by atoms with Gasteiger partial charge >= 0.3 is 0 Å². The summed E-state index contributed by atoms with van der Waals surface area (Å²) in [6.45, 7) is 3.20. The van der Waals surface area contributed by atoms with Crippen LogP contribution in [-0.2, 0) is 6.54 Å². The fraction of sp³-hybridized carbons (Fsp3) is 0.381. The Balaban J connectivity index is 1.57. The van der Waals surface area contributed by atoms with Gasteiger partial charge in [-0.2, -0.15) is 5.10 Å². The first-order chi connectivity index (χ1) is 13.1. The average Bonchev–Trinajstić information content (AvgIpc) is 3.31. The van der Waals surface area contributed by atoms with Crippen molar-refractivity contribution in [3.05, 3.63) is 59.9 Å². The van der Waals surface area contributed by atoms with Gasteiger partial charge in [0.05, 0.1) is 12.2 Å². The smallest absolute Gasteiger partial charge is 0.253 e. The molecule has 1 amide bonds. The lowest BCUT2D eigenvalue weighted by Crippen LogP contribution is -2.28. The van der Waals surface area contributed by atoms with Gasteiger partial charge in [0.25, 0.3) is 5.91 Å². The maximum atomic E-state index is 12.8. The maximum Gasteiger partial charge on any atom is 0.253 e. The lowest BCUT2D eigenvalue weighted by atomic mass is 10.0. The highest BCUT2D eigenvalue weighted by molar-refractivity contribution is 5.94. The summed E-state index contributed by atoms with van der Waals surface area (Å²) in [6, 6.07) is 13.6. The Morgan fingerprint density at radius 1 is 1.19 bits per heavy atom. The molecule has 1 saturated heterocycles. The van der Waals surface area contributed by atoms with E-state index in [0.717, 1.165) is 48.3 Å². The molecule has 1 aliphatic rings. The SMILES string of the molecule is CN(C)CCn1nc([C@H]2CCN(C(=O)c3ccccc3)C2)c2cccnc21. The zero-order valence-electron chi connectivity index (χ0n) is 15.9. The van der Waals surface area contributed by atoms with Crippen molar-refractivity contribution in [1.29, 1.82) is 0 Å². The monoisotopic (exact) mass is 363 g/mol. The zero-order chi connectivity index (χ0) is 18.8. The minimum atomic E-state index is 0.104. The molecule has 1 atom stereocenters. The molecule has 1 aliphatic heterocycles. The summed E-state index contributed by atoms with van der Waals surface area (Å²) in [4.78, 5) is 21.4. The van der Waals surface area contributed by atoms with Crippen LogP contribution in [0.5, 0.6) is 0 Å². The molecule has 6 heteroatoms. The normalized spacial score (nSPS) is 17.1. The Morgan fingerprint density at radius 2 is 2.00 bits per heavy atom. The van der Waals surface area contributed by atoms with Crippen molar-refractivity contribution < 1.29 is 4.79 Å². The molecule has 1 aromatic carbocycles. The number of carbonyl (C=O) groups excluding carboxylic acids is 1. The molecule has 0 saturated carbocycles. The third kappa shape index (κ3) is 3.57. The predicted octanol–water partition coefficient (Wildman–Crippen LogP) is 2.62. The number of hydrogen-bond acceptors (Lipinski definition) is 4. The molecule has 2 aromatic heterocycles. The molecule has 1 fully saturated rings. The van der Waals surface area contributed by atoms with Gasteiger partial charge in [0, 0.05) is 42.7 Å². The summed E-state index contributed by atoms with van der Waals surface area (Å²) in [5, 5.41) is 6.01. The van der Waals surface area contributed by atoms with Gasteiger partial charge < -0.3 is 9.80 Å². The first-order valence-electron chi connectivity index (χ1n) is 9.44. The number of benzene rings is 1. The topological polar surface area (TPSA) is 54.3 Å². The molecule has 0 aliphatic carbocycles. The van der Waals surface area contributed by atoms with Crippen LogP contribution in [-0.4, -0.2) is 64.2 Å². The molecule has 0 unspecified atom stereocenters. The Hall–Kier alpha value is -2.73. The molecule has 140 valence electrons. The van der Waals surface area contributed by atoms with Gasteiger partial charge in [-0.3, -0.25) is 4.79 Å². The van der Waals surface area contributed by atoms with E-state index < -0.39 is 0 Å². The van der Waals surface area contributed by atoms with E-state index in [1.54, 1.807) is 0 Å². The van der Waals surface area contributed by atoms with E-state index >= 15 is 0 Å². The Bertz CT molecular complexity index is 934. The van der Waals surface area contributed by atoms with Gasteiger partial charge in [-0.1, -0.05) is 18.2 Å². The highest BCUT2D eigenvalue weighted by Crippen LogP contribution is 2.31. The van der Waals surface area contributed by atoms with Crippen molar-refractivity contribution in [2.45, 2.75) is 18.9 Å². The molecule has 27 heavy (non-hydrogen) atoms. The standard InChI is InChI=1S/C21H25N5O/c1-24(2)13-14-26-20-18(9-6-11-22-20)19(23-26)17-10-12-25(15-17)21(27)16-7-4-3-5-8-16/h3-9,11,17H,10,12-15H2,1-2H3/t17-/m0/s1. The van der Waals surface area contributed by atoms with Crippen LogP contribution in [0.25, 0.3) is 11.0 Å². The van der Waals surface area contributed by atoms with Crippen molar-refractivity contribution in [2.24, 2.45) is 0 Å². The number of nitrogens with zero attached hydrogens (tertiary/aromatic N) is 5. The van der Waals surface area contributed by atoms with Crippen LogP contribution in [0.3, 0.4) is 0 Å². The highest BCUT2D eigenvalue weighted by atomic mass is 16.2. The zero-order valence-corrected chi connectivity index (χ0v) is 15.9. The Kier molecular flexibility index (Phi) is 4.90. The number of rotatable bonds is 5. The molecular formula is C21H25N5O. The molecule has 0 radical (unpaired) electrons. The predicted molar refractivity (Wildman–Crippen MR) is 106 cm³/mol. The van der Waals surface area contributed by atoms with Crippen molar-refractivity contribution in [2.75, 3.05) is 33.7 Å². The number of likely N-dealkylation sites (N-methyl/N-ethyl adjacent to an activating group) is 1. The number of hydrogen-bond donors (Lipinski definition) is 0. The first-order valence-corrected chi connectivity index (χ1v) is 9.44. The Labute approximate surface area is 159 Å². The van der Waals surface area contributed by atoms with E-state index in [-0.39, 0.29) is 11.8 Å². The quantitative estimate of drug-likeness (QED) is 0.699. The lowest BCUT2D eigenvalue weighted by molar-refractivity contribution is 0.0790. The van der Waals surface area contributed by atoms with Gasteiger partial charge in [-0.15, -0.1) is 0 Å². The fourth-order valence-corrected chi connectivity index (χ4v) is 3.72. The minimum absolute atomic E-state index is 0.104. The molecule has 3 aromatic rings. The average molecular weight is 363 g/mol. The highest BCUT2D eigenvalue weighted by Gasteiger charge is 2.31. The van der Waals surface area contributed by atoms with Crippen LogP contribution in [0.15, 0.2) is 48.7 Å². The first kappa shape index (κ1) is 17.7. The summed E-state index contributed by atoms with van der Waals surface area (Å²) in [5.41, 5.74) is 2.75. The third-order valence-corrected chi connectivity index (χ3v) is 5.18. The maximum absolute atomic E-state index is 12.8. The van der Waals surface area contributed by atoms with Gasteiger partial charge in [0.15, 0.2) is 5.65 Å². The molecule has 0 spiro atoms. The number of fused-ring (bicyclic) bond motifs is 1. The number of likely N-dealkylation sites (tertiary alicyclic amines) is 1. The van der Waals surface area contributed by atoms with Crippen LogP contribution in [0, 0.1) is 0 Å². The minimum Gasteiger partial charge on any atom is -0.338 e. The van der Waals surface area contributed by atoms with E-state index in [2.05, 4.69) is 30.0 Å². The van der Waals surface area contributed by atoms with Crippen LogP contribution < -0.4 is 0 Å².